The Morgan fingerprint density at radius 2 is 1.76 bits per heavy atom. The number of rotatable bonds is 4. The Labute approximate surface area is 119 Å². The van der Waals surface area contributed by atoms with Gasteiger partial charge in [0, 0.05) is 0 Å². The normalized spacial score (nSPS) is 11.2. The van der Waals surface area contributed by atoms with Gasteiger partial charge >= 0.3 is 6.18 Å². The summed E-state index contributed by atoms with van der Waals surface area (Å²) in [6.45, 7) is 0.187. The maximum atomic E-state index is 12.7. The molecule has 0 amide bonds. The van der Waals surface area contributed by atoms with Crippen LogP contribution in [-0.4, -0.2) is 5.84 Å². The quantitative estimate of drug-likeness (QED) is 0.669. The predicted octanol–water partition coefficient (Wildman–Crippen LogP) is 3.57. The Kier molecular flexibility index (Phi) is 4.16. The van der Waals surface area contributed by atoms with Crippen LogP contribution in [0, 0.1) is 5.41 Å². The highest BCUT2D eigenvalue weighted by molar-refractivity contribution is 5.97. The number of amidine groups is 1. The zero-order valence-corrected chi connectivity index (χ0v) is 10.9. The van der Waals surface area contributed by atoms with Gasteiger partial charge in [0.1, 0.15) is 18.2 Å². The minimum Gasteiger partial charge on any atom is -0.488 e. The summed E-state index contributed by atoms with van der Waals surface area (Å²) in [4.78, 5) is 0. The average molecular weight is 294 g/mol. The van der Waals surface area contributed by atoms with Crippen molar-refractivity contribution in [1.82, 2.24) is 0 Å². The van der Waals surface area contributed by atoms with E-state index in [0.717, 1.165) is 17.7 Å². The smallest absolute Gasteiger partial charge is 0.416 e. The maximum absolute atomic E-state index is 12.7. The summed E-state index contributed by atoms with van der Waals surface area (Å²) in [5.41, 5.74) is 5.27. The van der Waals surface area contributed by atoms with Crippen molar-refractivity contribution in [3.63, 3.8) is 0 Å². The first-order valence-corrected chi connectivity index (χ1v) is 6.10. The number of benzene rings is 2. The molecule has 0 fully saturated rings. The Balaban J connectivity index is 2.25. The van der Waals surface area contributed by atoms with Gasteiger partial charge in [0.05, 0.1) is 11.1 Å². The molecule has 0 saturated heterocycles. The third kappa shape index (κ3) is 3.75. The zero-order chi connectivity index (χ0) is 15.5. The van der Waals surface area contributed by atoms with Crippen molar-refractivity contribution < 1.29 is 17.9 Å². The molecule has 2 aromatic carbocycles. The van der Waals surface area contributed by atoms with E-state index in [1.165, 1.54) is 6.07 Å². The number of nitrogen functional groups attached to an aromatic ring is 1. The van der Waals surface area contributed by atoms with Crippen LogP contribution in [0.15, 0.2) is 48.5 Å². The molecule has 0 radical (unpaired) electrons. The molecule has 0 atom stereocenters. The number of ether oxygens (including phenoxy) is 1. The van der Waals surface area contributed by atoms with Gasteiger partial charge in [-0.1, -0.05) is 30.3 Å². The van der Waals surface area contributed by atoms with E-state index in [2.05, 4.69) is 0 Å². The third-order valence-electron chi connectivity index (χ3n) is 2.83. The van der Waals surface area contributed by atoms with Crippen molar-refractivity contribution in [2.45, 2.75) is 12.8 Å². The summed E-state index contributed by atoms with van der Waals surface area (Å²) in [5, 5.41) is 7.39. The second-order valence-corrected chi connectivity index (χ2v) is 4.40. The molecule has 3 nitrogen and oxygen atoms in total. The first kappa shape index (κ1) is 14.9. The van der Waals surface area contributed by atoms with Crippen LogP contribution < -0.4 is 10.5 Å². The Morgan fingerprint density at radius 1 is 1.10 bits per heavy atom. The molecule has 0 aliphatic carbocycles. The van der Waals surface area contributed by atoms with Crippen LogP contribution in [0.4, 0.5) is 13.2 Å². The molecule has 0 bridgehead atoms. The van der Waals surface area contributed by atoms with E-state index in [9.17, 15) is 13.2 Å². The summed E-state index contributed by atoms with van der Waals surface area (Å²) in [6, 6.07) is 12.1. The SMILES string of the molecule is N=C(N)c1cc(C(F)(F)F)ccc1OCc1ccccc1. The Morgan fingerprint density at radius 3 is 2.33 bits per heavy atom. The van der Waals surface area contributed by atoms with E-state index < -0.39 is 17.6 Å². The van der Waals surface area contributed by atoms with E-state index in [0.29, 0.717) is 0 Å². The molecule has 2 aromatic rings. The molecule has 110 valence electrons. The van der Waals surface area contributed by atoms with Crippen LogP contribution in [0.2, 0.25) is 0 Å². The second kappa shape index (κ2) is 5.87. The predicted molar refractivity (Wildman–Crippen MR) is 73.2 cm³/mol. The minimum atomic E-state index is -4.48. The van der Waals surface area contributed by atoms with Gasteiger partial charge in [0.15, 0.2) is 0 Å². The first-order chi connectivity index (χ1) is 9.88. The lowest BCUT2D eigenvalue weighted by molar-refractivity contribution is -0.137. The molecule has 0 aliphatic rings. The van der Waals surface area contributed by atoms with Gasteiger partial charge in [0.25, 0.3) is 0 Å². The maximum Gasteiger partial charge on any atom is 0.416 e. The van der Waals surface area contributed by atoms with E-state index in [-0.39, 0.29) is 17.9 Å². The second-order valence-electron chi connectivity index (χ2n) is 4.40. The fourth-order valence-electron chi connectivity index (χ4n) is 1.78. The van der Waals surface area contributed by atoms with E-state index in [1.54, 1.807) is 0 Å². The Hall–Kier alpha value is -2.50. The van der Waals surface area contributed by atoms with Crippen molar-refractivity contribution in [2.75, 3.05) is 0 Å². The van der Waals surface area contributed by atoms with E-state index in [4.69, 9.17) is 15.9 Å². The Bertz CT molecular complexity index is 639. The summed E-state index contributed by atoms with van der Waals surface area (Å²) >= 11 is 0. The number of nitrogens with two attached hydrogens (primary N) is 1. The number of hydrogen-bond acceptors (Lipinski definition) is 2. The molecule has 21 heavy (non-hydrogen) atoms. The van der Waals surface area contributed by atoms with Gasteiger partial charge < -0.3 is 10.5 Å². The molecular weight excluding hydrogens is 281 g/mol. The number of halogens is 3. The van der Waals surface area contributed by atoms with E-state index >= 15 is 0 Å². The number of hydrogen-bond donors (Lipinski definition) is 2. The van der Waals surface area contributed by atoms with Gasteiger partial charge in [-0.15, -0.1) is 0 Å². The topological polar surface area (TPSA) is 59.1 Å². The lowest BCUT2D eigenvalue weighted by atomic mass is 10.1. The van der Waals surface area contributed by atoms with Crippen LogP contribution in [0.5, 0.6) is 5.75 Å². The van der Waals surface area contributed by atoms with Crippen LogP contribution >= 0.6 is 0 Å². The monoisotopic (exact) mass is 294 g/mol. The van der Waals surface area contributed by atoms with Crippen LogP contribution in [0.1, 0.15) is 16.7 Å². The molecule has 0 aromatic heterocycles. The van der Waals surface area contributed by atoms with E-state index in [1.807, 2.05) is 30.3 Å². The summed E-state index contributed by atoms with van der Waals surface area (Å²) in [7, 11) is 0. The fraction of sp³-hybridized carbons (Fsp3) is 0.133. The largest absolute Gasteiger partial charge is 0.488 e. The first-order valence-electron chi connectivity index (χ1n) is 6.10. The average Bonchev–Trinajstić information content (AvgIpc) is 2.45. The van der Waals surface area contributed by atoms with Gasteiger partial charge in [0.2, 0.25) is 0 Å². The molecule has 0 heterocycles. The van der Waals surface area contributed by atoms with Crippen LogP contribution in [-0.2, 0) is 12.8 Å². The van der Waals surface area contributed by atoms with Crippen molar-refractivity contribution >= 4 is 5.84 Å². The molecule has 0 spiro atoms. The number of alkyl halides is 3. The van der Waals surface area contributed by atoms with Crippen molar-refractivity contribution in [3.05, 3.63) is 65.2 Å². The zero-order valence-electron chi connectivity index (χ0n) is 10.9. The minimum absolute atomic E-state index is 0.0687. The highest BCUT2D eigenvalue weighted by Crippen LogP contribution is 2.32. The summed E-state index contributed by atoms with van der Waals surface area (Å²) < 4.78 is 43.4. The van der Waals surface area contributed by atoms with Crippen molar-refractivity contribution in [1.29, 1.82) is 5.41 Å². The van der Waals surface area contributed by atoms with Crippen molar-refractivity contribution in [2.24, 2.45) is 5.73 Å². The molecular formula is C15H13F3N2O. The molecule has 0 aliphatic heterocycles. The number of nitrogens with one attached hydrogen (secondary N) is 1. The standard InChI is InChI=1S/C15H13F3N2O/c16-15(17,18)11-6-7-13(12(8-11)14(19)20)21-9-10-4-2-1-3-5-10/h1-8H,9H2,(H3,19,20). The molecule has 6 heteroatoms. The molecule has 0 unspecified atom stereocenters. The lowest BCUT2D eigenvalue weighted by Crippen LogP contribution is -2.15. The molecule has 0 saturated carbocycles. The van der Waals surface area contributed by atoms with Gasteiger partial charge in [-0.05, 0) is 23.8 Å². The summed E-state index contributed by atoms with van der Waals surface area (Å²) in [5.74, 6) is -0.316. The highest BCUT2D eigenvalue weighted by Gasteiger charge is 2.31. The van der Waals surface area contributed by atoms with Crippen LogP contribution in [0.3, 0.4) is 0 Å². The van der Waals surface area contributed by atoms with Gasteiger partial charge in [-0.2, -0.15) is 13.2 Å². The molecule has 2 rings (SSSR count). The molecule has 3 N–H and O–H groups in total. The third-order valence-corrected chi connectivity index (χ3v) is 2.83. The van der Waals surface area contributed by atoms with Crippen LogP contribution in [0.25, 0.3) is 0 Å². The van der Waals surface area contributed by atoms with Crippen molar-refractivity contribution in [3.8, 4) is 5.75 Å². The lowest BCUT2D eigenvalue weighted by Gasteiger charge is -2.14. The fourth-order valence-corrected chi connectivity index (χ4v) is 1.78. The highest BCUT2D eigenvalue weighted by atomic mass is 19.4. The van der Waals surface area contributed by atoms with Gasteiger partial charge in [-0.25, -0.2) is 0 Å². The van der Waals surface area contributed by atoms with Gasteiger partial charge in [-0.3, -0.25) is 5.41 Å². The summed E-state index contributed by atoms with van der Waals surface area (Å²) in [6.07, 6.45) is -4.48.